The van der Waals surface area contributed by atoms with Crippen molar-refractivity contribution in [1.29, 1.82) is 0 Å². The van der Waals surface area contributed by atoms with Gasteiger partial charge in [-0.1, -0.05) is 0 Å². The molecule has 1 aliphatic heterocycles. The van der Waals surface area contributed by atoms with Crippen LogP contribution in [0, 0.1) is 0 Å². The number of hydrogen-bond acceptors (Lipinski definition) is 4. The van der Waals surface area contributed by atoms with E-state index >= 15 is 0 Å². The van der Waals surface area contributed by atoms with Crippen molar-refractivity contribution in [3.05, 3.63) is 10.6 Å². The first kappa shape index (κ1) is 10.5. The molecule has 1 aromatic rings. The zero-order valence-electron chi connectivity index (χ0n) is 9.04. The fraction of sp³-hybridized carbons (Fsp3) is 0.727. The van der Waals surface area contributed by atoms with Gasteiger partial charge in [0.15, 0.2) is 5.13 Å². The molecule has 0 radical (unpaired) electrons. The average molecular weight is 242 g/mol. The van der Waals surface area contributed by atoms with E-state index in [0.717, 1.165) is 18.0 Å². The lowest BCUT2D eigenvalue weighted by molar-refractivity contribution is 0.173. The molecule has 0 saturated carbocycles. The van der Waals surface area contributed by atoms with Gasteiger partial charge in [-0.25, -0.2) is 9.37 Å². The van der Waals surface area contributed by atoms with Gasteiger partial charge in [-0.2, -0.15) is 0 Å². The summed E-state index contributed by atoms with van der Waals surface area (Å²) < 4.78 is 18.4. The predicted octanol–water partition coefficient (Wildman–Crippen LogP) is 2.17. The first-order valence-electron chi connectivity index (χ1n) is 5.80. The largest absolute Gasteiger partial charge is 0.376 e. The van der Waals surface area contributed by atoms with Crippen molar-refractivity contribution in [1.82, 2.24) is 4.98 Å². The second kappa shape index (κ2) is 4.30. The molecule has 3 rings (SSSR count). The van der Waals surface area contributed by atoms with Crippen molar-refractivity contribution in [3.8, 4) is 0 Å². The summed E-state index contributed by atoms with van der Waals surface area (Å²) in [5, 5.41) is 4.02. The first-order chi connectivity index (χ1) is 7.83. The number of thiazole rings is 1. The summed E-state index contributed by atoms with van der Waals surface area (Å²) in [6, 6.07) is -0.215. The second-order valence-corrected chi connectivity index (χ2v) is 5.48. The summed E-state index contributed by atoms with van der Waals surface area (Å²) in [6.07, 6.45) is 3.80. The quantitative estimate of drug-likeness (QED) is 0.863. The number of ether oxygens (including phenoxy) is 1. The van der Waals surface area contributed by atoms with Gasteiger partial charge < -0.3 is 10.1 Å². The fourth-order valence-corrected chi connectivity index (χ4v) is 3.34. The van der Waals surface area contributed by atoms with Gasteiger partial charge >= 0.3 is 0 Å². The highest BCUT2D eigenvalue weighted by atomic mass is 32.1. The van der Waals surface area contributed by atoms with Crippen LogP contribution in [-0.4, -0.2) is 30.4 Å². The zero-order chi connectivity index (χ0) is 11.0. The number of aryl methyl sites for hydroxylation is 2. The molecule has 2 heterocycles. The number of hydrogen-bond donors (Lipinski definition) is 1. The molecule has 0 spiro atoms. The third kappa shape index (κ3) is 1.94. The van der Waals surface area contributed by atoms with Crippen LogP contribution in [0.3, 0.4) is 0 Å². The molecule has 2 aliphatic rings. The Bertz CT molecular complexity index is 359. The lowest BCUT2D eigenvalue weighted by atomic mass is 10.0. The minimum Gasteiger partial charge on any atom is -0.376 e. The zero-order valence-corrected chi connectivity index (χ0v) is 9.86. The molecular formula is C11H15FN2OS. The van der Waals surface area contributed by atoms with Crippen LogP contribution in [0.2, 0.25) is 0 Å². The number of fused-ring (bicyclic) bond motifs is 1. The Kier molecular flexibility index (Phi) is 2.81. The Hall–Kier alpha value is -0.680. The summed E-state index contributed by atoms with van der Waals surface area (Å²) in [6.45, 7) is 0.661. The molecule has 16 heavy (non-hydrogen) atoms. The topological polar surface area (TPSA) is 34.1 Å². The Balaban J connectivity index is 1.72. The summed E-state index contributed by atoms with van der Waals surface area (Å²) in [4.78, 5) is 5.91. The van der Waals surface area contributed by atoms with Crippen LogP contribution in [0.15, 0.2) is 0 Å². The van der Waals surface area contributed by atoms with Crippen LogP contribution in [0.4, 0.5) is 9.52 Å². The van der Waals surface area contributed by atoms with Crippen LogP contribution >= 0.6 is 11.3 Å². The molecular weight excluding hydrogens is 227 g/mol. The highest BCUT2D eigenvalue weighted by Gasteiger charge is 2.29. The van der Waals surface area contributed by atoms with Gasteiger partial charge in [-0.15, -0.1) is 11.3 Å². The van der Waals surface area contributed by atoms with Crippen molar-refractivity contribution >= 4 is 16.5 Å². The molecule has 3 nitrogen and oxygen atoms in total. The van der Waals surface area contributed by atoms with E-state index in [1.165, 1.54) is 23.4 Å². The normalized spacial score (nSPS) is 29.1. The van der Waals surface area contributed by atoms with Crippen molar-refractivity contribution in [2.24, 2.45) is 0 Å². The van der Waals surface area contributed by atoms with Crippen molar-refractivity contribution in [2.75, 3.05) is 18.5 Å². The van der Waals surface area contributed by atoms with E-state index in [2.05, 4.69) is 10.3 Å². The molecule has 1 fully saturated rings. The van der Waals surface area contributed by atoms with Crippen LogP contribution < -0.4 is 5.32 Å². The Morgan fingerprint density at radius 1 is 1.31 bits per heavy atom. The molecule has 2 atom stereocenters. The number of nitrogens with zero attached hydrogens (tertiary/aromatic N) is 1. The van der Waals surface area contributed by atoms with Crippen molar-refractivity contribution in [3.63, 3.8) is 0 Å². The number of rotatable bonds is 2. The Labute approximate surface area is 98.0 Å². The lowest BCUT2D eigenvalue weighted by Gasteiger charge is -2.11. The minimum atomic E-state index is -0.902. The van der Waals surface area contributed by atoms with E-state index < -0.39 is 6.17 Å². The van der Waals surface area contributed by atoms with E-state index in [-0.39, 0.29) is 12.6 Å². The van der Waals surface area contributed by atoms with Crippen LogP contribution in [-0.2, 0) is 17.6 Å². The third-order valence-corrected chi connectivity index (χ3v) is 4.25. The highest BCUT2D eigenvalue weighted by Crippen LogP contribution is 2.30. The average Bonchev–Trinajstić information content (AvgIpc) is 2.85. The molecule has 0 amide bonds. The molecule has 1 saturated heterocycles. The van der Waals surface area contributed by atoms with Gasteiger partial charge in [-0.3, -0.25) is 0 Å². The summed E-state index contributed by atoms with van der Waals surface area (Å²) in [7, 11) is 0. The molecule has 0 aromatic carbocycles. The van der Waals surface area contributed by atoms with Gasteiger partial charge in [0.1, 0.15) is 6.17 Å². The molecule has 88 valence electrons. The number of anilines is 1. The SMILES string of the molecule is FC1COCC1Nc1nc2c(s1)CCCC2. The van der Waals surface area contributed by atoms with E-state index in [1.54, 1.807) is 11.3 Å². The summed E-state index contributed by atoms with van der Waals surface area (Å²) in [5.74, 6) is 0. The Morgan fingerprint density at radius 3 is 2.94 bits per heavy atom. The number of aromatic nitrogens is 1. The monoisotopic (exact) mass is 242 g/mol. The number of nitrogens with one attached hydrogen (secondary N) is 1. The van der Waals surface area contributed by atoms with Crippen molar-refractivity contribution < 1.29 is 9.13 Å². The molecule has 1 aromatic heterocycles. The Morgan fingerprint density at radius 2 is 2.19 bits per heavy atom. The molecule has 5 heteroatoms. The van der Waals surface area contributed by atoms with Gasteiger partial charge in [0.05, 0.1) is 24.9 Å². The van der Waals surface area contributed by atoms with Crippen LogP contribution in [0.25, 0.3) is 0 Å². The molecule has 0 bridgehead atoms. The summed E-state index contributed by atoms with van der Waals surface area (Å²) in [5.41, 5.74) is 1.22. The van der Waals surface area contributed by atoms with Gasteiger partial charge in [0.25, 0.3) is 0 Å². The predicted molar refractivity (Wildman–Crippen MR) is 61.9 cm³/mol. The standard InChI is InChI=1S/C11H15FN2OS/c12-7-5-15-6-9(7)14-11-13-8-3-1-2-4-10(8)16-11/h7,9H,1-6H2,(H,13,14). The van der Waals surface area contributed by atoms with Gasteiger partial charge in [0.2, 0.25) is 0 Å². The highest BCUT2D eigenvalue weighted by molar-refractivity contribution is 7.15. The summed E-state index contributed by atoms with van der Waals surface area (Å²) >= 11 is 1.68. The van der Waals surface area contributed by atoms with Gasteiger partial charge in [0, 0.05) is 4.88 Å². The lowest BCUT2D eigenvalue weighted by Crippen LogP contribution is -2.28. The van der Waals surface area contributed by atoms with Gasteiger partial charge in [-0.05, 0) is 25.7 Å². The maximum absolute atomic E-state index is 13.3. The van der Waals surface area contributed by atoms with Crippen LogP contribution in [0.5, 0.6) is 0 Å². The fourth-order valence-electron chi connectivity index (χ4n) is 2.23. The van der Waals surface area contributed by atoms with E-state index in [9.17, 15) is 4.39 Å². The smallest absolute Gasteiger partial charge is 0.183 e. The molecule has 1 N–H and O–H groups in total. The second-order valence-electron chi connectivity index (χ2n) is 4.40. The van der Waals surface area contributed by atoms with E-state index in [4.69, 9.17) is 4.74 Å². The first-order valence-corrected chi connectivity index (χ1v) is 6.61. The van der Waals surface area contributed by atoms with E-state index in [1.807, 2.05) is 0 Å². The molecule has 2 unspecified atom stereocenters. The van der Waals surface area contributed by atoms with Crippen molar-refractivity contribution in [2.45, 2.75) is 37.9 Å². The van der Waals surface area contributed by atoms with Crippen LogP contribution in [0.1, 0.15) is 23.4 Å². The molecule has 1 aliphatic carbocycles. The maximum Gasteiger partial charge on any atom is 0.183 e. The number of halogens is 1. The number of alkyl halides is 1. The minimum absolute atomic E-state index is 0.211. The maximum atomic E-state index is 13.3. The van der Waals surface area contributed by atoms with E-state index in [0.29, 0.717) is 6.61 Å². The third-order valence-electron chi connectivity index (χ3n) is 3.17.